The van der Waals surface area contributed by atoms with Crippen LogP contribution in [0.4, 0.5) is 5.69 Å². The van der Waals surface area contributed by atoms with E-state index in [0.29, 0.717) is 5.69 Å². The molecule has 0 aromatic heterocycles. The van der Waals surface area contributed by atoms with E-state index in [1.54, 1.807) is 24.3 Å². The first-order chi connectivity index (χ1) is 6.38. The van der Waals surface area contributed by atoms with Crippen LogP contribution in [0, 0.1) is 0 Å². The summed E-state index contributed by atoms with van der Waals surface area (Å²) in [6.07, 6.45) is 0. The van der Waals surface area contributed by atoms with E-state index in [2.05, 4.69) is 20.1 Å². The summed E-state index contributed by atoms with van der Waals surface area (Å²) in [5.74, 6) is 0. The largest absolute Gasteiger partial charge is 0.0893 e. The normalized spacial score (nSPS) is 8.31. The van der Waals surface area contributed by atoms with Crippen LogP contribution in [0.2, 0.25) is 0 Å². The van der Waals surface area contributed by atoms with Crippen molar-refractivity contribution in [2.45, 2.75) is 6.54 Å². The standard InChI is InChI=1S/C7H6N6/c8-12-10-5-6-3-1-2-4-7(6)11-13-9/h1-4H,5H2. The van der Waals surface area contributed by atoms with Crippen LogP contribution < -0.4 is 0 Å². The van der Waals surface area contributed by atoms with Gasteiger partial charge in [-0.15, -0.1) is 0 Å². The first-order valence-electron chi connectivity index (χ1n) is 3.52. The van der Waals surface area contributed by atoms with E-state index in [4.69, 9.17) is 11.1 Å². The Balaban J connectivity index is 3.03. The number of hydrogen-bond acceptors (Lipinski definition) is 2. The molecular weight excluding hydrogens is 168 g/mol. The predicted molar refractivity (Wildman–Crippen MR) is 48.1 cm³/mol. The number of azide groups is 2. The quantitative estimate of drug-likeness (QED) is 0.381. The first-order valence-corrected chi connectivity index (χ1v) is 3.52. The SMILES string of the molecule is [N-]=[N+]=NCc1ccccc1N=[N+]=[N-]. The lowest BCUT2D eigenvalue weighted by Gasteiger charge is -1.98. The van der Waals surface area contributed by atoms with E-state index in [0.717, 1.165) is 5.56 Å². The molecule has 0 aliphatic heterocycles. The zero-order valence-electron chi connectivity index (χ0n) is 6.70. The third-order valence-corrected chi connectivity index (χ3v) is 1.45. The van der Waals surface area contributed by atoms with Gasteiger partial charge in [-0.25, -0.2) is 0 Å². The maximum atomic E-state index is 8.22. The van der Waals surface area contributed by atoms with Crippen molar-refractivity contribution < 1.29 is 0 Å². The molecule has 1 rings (SSSR count). The van der Waals surface area contributed by atoms with Crippen LogP contribution in [0.5, 0.6) is 0 Å². The topological polar surface area (TPSA) is 97.5 Å². The monoisotopic (exact) mass is 174 g/mol. The molecule has 0 heterocycles. The van der Waals surface area contributed by atoms with E-state index >= 15 is 0 Å². The van der Waals surface area contributed by atoms with Crippen LogP contribution in [-0.2, 0) is 6.54 Å². The Morgan fingerprint density at radius 3 is 2.62 bits per heavy atom. The summed E-state index contributed by atoms with van der Waals surface area (Å²) in [5.41, 5.74) is 17.5. The van der Waals surface area contributed by atoms with Gasteiger partial charge in [-0.3, -0.25) is 0 Å². The molecule has 0 N–H and O–H groups in total. The highest BCUT2D eigenvalue weighted by atomic mass is 15.1. The molecule has 0 bridgehead atoms. The van der Waals surface area contributed by atoms with E-state index < -0.39 is 0 Å². The van der Waals surface area contributed by atoms with Crippen molar-refractivity contribution in [3.05, 3.63) is 50.7 Å². The molecule has 6 heteroatoms. The van der Waals surface area contributed by atoms with E-state index in [1.165, 1.54) is 0 Å². The molecule has 6 nitrogen and oxygen atoms in total. The van der Waals surface area contributed by atoms with Crippen LogP contribution >= 0.6 is 0 Å². The first kappa shape index (κ1) is 8.93. The zero-order chi connectivity index (χ0) is 9.52. The molecule has 1 aromatic carbocycles. The van der Waals surface area contributed by atoms with Crippen molar-refractivity contribution in [2.75, 3.05) is 0 Å². The zero-order valence-corrected chi connectivity index (χ0v) is 6.70. The number of nitrogens with zero attached hydrogens (tertiary/aromatic N) is 6. The average Bonchev–Trinajstić information content (AvgIpc) is 2.17. The molecule has 1 aromatic rings. The minimum Gasteiger partial charge on any atom is -0.0893 e. The van der Waals surface area contributed by atoms with Gasteiger partial charge in [0.2, 0.25) is 0 Å². The van der Waals surface area contributed by atoms with Crippen LogP contribution in [0.15, 0.2) is 34.5 Å². The van der Waals surface area contributed by atoms with Crippen molar-refractivity contribution in [2.24, 2.45) is 10.2 Å². The molecule has 0 aliphatic carbocycles. The Morgan fingerprint density at radius 1 is 1.15 bits per heavy atom. The molecular formula is C7H6N6. The van der Waals surface area contributed by atoms with Gasteiger partial charge in [0.15, 0.2) is 0 Å². The van der Waals surface area contributed by atoms with Gasteiger partial charge in [0, 0.05) is 15.5 Å². The molecule has 13 heavy (non-hydrogen) atoms. The Bertz CT molecular complexity index is 386. The molecule has 0 spiro atoms. The second kappa shape index (κ2) is 4.66. The summed E-state index contributed by atoms with van der Waals surface area (Å²) in [5, 5.41) is 6.84. The maximum absolute atomic E-state index is 8.22. The van der Waals surface area contributed by atoms with Crippen LogP contribution in [0.1, 0.15) is 5.56 Å². The van der Waals surface area contributed by atoms with Crippen LogP contribution in [0.3, 0.4) is 0 Å². The summed E-state index contributed by atoms with van der Waals surface area (Å²) in [4.78, 5) is 5.29. The van der Waals surface area contributed by atoms with Gasteiger partial charge in [-0.1, -0.05) is 34.5 Å². The third kappa shape index (κ3) is 2.41. The smallest absolute Gasteiger partial charge is 0.0515 e. The van der Waals surface area contributed by atoms with Gasteiger partial charge in [-0.05, 0) is 16.6 Å². The molecule has 0 fully saturated rings. The van der Waals surface area contributed by atoms with Gasteiger partial charge in [0.25, 0.3) is 0 Å². The minimum atomic E-state index is 0.200. The number of hydrogen-bond donors (Lipinski definition) is 0. The second-order valence-corrected chi connectivity index (χ2v) is 2.21. The maximum Gasteiger partial charge on any atom is 0.0515 e. The molecule has 0 aliphatic rings. The minimum absolute atomic E-state index is 0.200. The van der Waals surface area contributed by atoms with Crippen molar-refractivity contribution in [1.29, 1.82) is 0 Å². The second-order valence-electron chi connectivity index (χ2n) is 2.21. The van der Waals surface area contributed by atoms with Gasteiger partial charge < -0.3 is 0 Å². The summed E-state index contributed by atoms with van der Waals surface area (Å²) < 4.78 is 0. The van der Waals surface area contributed by atoms with Crippen molar-refractivity contribution in [3.8, 4) is 0 Å². The summed E-state index contributed by atoms with van der Waals surface area (Å²) in [7, 11) is 0. The lowest BCUT2D eigenvalue weighted by Crippen LogP contribution is -1.79. The fraction of sp³-hybridized carbons (Fsp3) is 0.143. The predicted octanol–water partition coefficient (Wildman–Crippen LogP) is 3.44. The van der Waals surface area contributed by atoms with Crippen LogP contribution in [-0.4, -0.2) is 0 Å². The van der Waals surface area contributed by atoms with Crippen molar-refractivity contribution >= 4 is 5.69 Å². The summed E-state index contributed by atoms with van der Waals surface area (Å²) in [6, 6.07) is 6.96. The number of rotatable bonds is 3. The fourth-order valence-electron chi connectivity index (χ4n) is 0.898. The molecule has 0 radical (unpaired) electrons. The Hall–Kier alpha value is -2.16. The summed E-state index contributed by atoms with van der Waals surface area (Å²) in [6.45, 7) is 0.200. The number of benzene rings is 1. The Morgan fingerprint density at radius 2 is 1.92 bits per heavy atom. The van der Waals surface area contributed by atoms with Crippen molar-refractivity contribution in [1.82, 2.24) is 0 Å². The molecule has 0 unspecified atom stereocenters. The summed E-state index contributed by atoms with van der Waals surface area (Å²) >= 11 is 0. The van der Waals surface area contributed by atoms with E-state index in [9.17, 15) is 0 Å². The average molecular weight is 174 g/mol. The van der Waals surface area contributed by atoms with E-state index in [1.807, 2.05) is 0 Å². The fourth-order valence-corrected chi connectivity index (χ4v) is 0.898. The van der Waals surface area contributed by atoms with Gasteiger partial charge in [0.05, 0.1) is 6.54 Å². The third-order valence-electron chi connectivity index (χ3n) is 1.45. The van der Waals surface area contributed by atoms with Gasteiger partial charge in [0.1, 0.15) is 0 Å². The van der Waals surface area contributed by atoms with Gasteiger partial charge in [-0.2, -0.15) is 0 Å². The molecule has 0 atom stereocenters. The Kier molecular flexibility index (Phi) is 3.20. The Labute approximate surface area is 74.1 Å². The van der Waals surface area contributed by atoms with E-state index in [-0.39, 0.29) is 6.54 Å². The lowest BCUT2D eigenvalue weighted by molar-refractivity contribution is 1.04. The molecule has 0 saturated carbocycles. The lowest BCUT2D eigenvalue weighted by atomic mass is 10.2. The highest BCUT2D eigenvalue weighted by Gasteiger charge is 1.96. The highest BCUT2D eigenvalue weighted by molar-refractivity contribution is 5.45. The van der Waals surface area contributed by atoms with Gasteiger partial charge >= 0.3 is 0 Å². The molecule has 0 amide bonds. The van der Waals surface area contributed by atoms with Crippen LogP contribution in [0.25, 0.3) is 20.9 Å². The molecule has 64 valence electrons. The molecule has 0 saturated heterocycles. The van der Waals surface area contributed by atoms with Crippen molar-refractivity contribution in [3.63, 3.8) is 0 Å². The highest BCUT2D eigenvalue weighted by Crippen LogP contribution is 2.19.